The van der Waals surface area contributed by atoms with Crippen LogP contribution in [0.2, 0.25) is 10.0 Å². The lowest BCUT2D eigenvalue weighted by Crippen LogP contribution is -2.28. The number of hydrogen-bond acceptors (Lipinski definition) is 1. The number of halogens is 3. The Morgan fingerprint density at radius 1 is 1.14 bits per heavy atom. The second-order valence-corrected chi connectivity index (χ2v) is 5.81. The van der Waals surface area contributed by atoms with Crippen molar-refractivity contribution >= 4 is 29.1 Å². The molecule has 2 rings (SSSR count). The molecule has 5 heteroatoms. The second kappa shape index (κ2) is 7.61. The standard InChI is InChI=1S/C17H16Cl2FNO/c1-2-11(12-3-6-14(20)7-4-12)10-21-17(22)13-5-8-15(18)16(19)9-13/h3-9,11H,2,10H2,1H3,(H,21,22). The Morgan fingerprint density at radius 3 is 2.41 bits per heavy atom. The third-order valence-corrected chi connectivity index (χ3v) is 4.26. The van der Waals surface area contributed by atoms with Crippen molar-refractivity contribution in [3.8, 4) is 0 Å². The molecule has 0 saturated carbocycles. The third kappa shape index (κ3) is 4.21. The first kappa shape index (κ1) is 16.8. The lowest BCUT2D eigenvalue weighted by atomic mass is 9.96. The lowest BCUT2D eigenvalue weighted by molar-refractivity contribution is 0.0951. The maximum Gasteiger partial charge on any atom is 0.251 e. The molecule has 2 nitrogen and oxygen atoms in total. The van der Waals surface area contributed by atoms with Crippen molar-refractivity contribution in [2.24, 2.45) is 0 Å². The fourth-order valence-electron chi connectivity index (χ4n) is 2.19. The van der Waals surface area contributed by atoms with Gasteiger partial charge in [-0.1, -0.05) is 42.3 Å². The number of hydrogen-bond donors (Lipinski definition) is 1. The highest BCUT2D eigenvalue weighted by molar-refractivity contribution is 6.42. The Hall–Kier alpha value is -1.58. The van der Waals surface area contributed by atoms with E-state index in [2.05, 4.69) is 5.32 Å². The zero-order chi connectivity index (χ0) is 16.1. The molecular formula is C17H16Cl2FNO. The average Bonchev–Trinajstić information content (AvgIpc) is 2.52. The molecule has 116 valence electrons. The van der Waals surface area contributed by atoms with Gasteiger partial charge in [-0.05, 0) is 42.3 Å². The normalized spacial score (nSPS) is 12.0. The summed E-state index contributed by atoms with van der Waals surface area (Å²) in [6, 6.07) is 11.1. The van der Waals surface area contributed by atoms with Gasteiger partial charge >= 0.3 is 0 Å². The van der Waals surface area contributed by atoms with Crippen LogP contribution in [0.1, 0.15) is 35.2 Å². The van der Waals surface area contributed by atoms with Crippen LogP contribution in [0.4, 0.5) is 4.39 Å². The van der Waals surface area contributed by atoms with Gasteiger partial charge in [0, 0.05) is 18.0 Å². The first-order valence-corrected chi connectivity index (χ1v) is 7.75. The van der Waals surface area contributed by atoms with Gasteiger partial charge in [0.25, 0.3) is 5.91 Å². The molecule has 1 unspecified atom stereocenters. The number of carbonyl (C=O) groups is 1. The molecular weight excluding hydrogens is 324 g/mol. The summed E-state index contributed by atoms with van der Waals surface area (Å²) in [5.41, 5.74) is 1.46. The van der Waals surface area contributed by atoms with E-state index in [0.29, 0.717) is 22.2 Å². The summed E-state index contributed by atoms with van der Waals surface area (Å²) in [5.74, 6) is -0.343. The van der Waals surface area contributed by atoms with Crippen LogP contribution in [0, 0.1) is 5.82 Å². The molecule has 0 aliphatic carbocycles. The molecule has 0 aromatic heterocycles. The van der Waals surface area contributed by atoms with Gasteiger partial charge in [-0.3, -0.25) is 4.79 Å². The van der Waals surface area contributed by atoms with Gasteiger partial charge in [-0.2, -0.15) is 0 Å². The fourth-order valence-corrected chi connectivity index (χ4v) is 2.49. The number of rotatable bonds is 5. The van der Waals surface area contributed by atoms with Gasteiger partial charge in [0.15, 0.2) is 0 Å². The van der Waals surface area contributed by atoms with E-state index < -0.39 is 0 Å². The molecule has 1 amide bonds. The topological polar surface area (TPSA) is 29.1 Å². The van der Waals surface area contributed by atoms with Crippen molar-refractivity contribution in [2.45, 2.75) is 19.3 Å². The number of nitrogens with one attached hydrogen (secondary N) is 1. The van der Waals surface area contributed by atoms with Gasteiger partial charge < -0.3 is 5.32 Å². The maximum absolute atomic E-state index is 13.0. The van der Waals surface area contributed by atoms with Gasteiger partial charge in [0.1, 0.15) is 5.82 Å². The molecule has 0 heterocycles. The second-order valence-electron chi connectivity index (χ2n) is 5.00. The Morgan fingerprint density at radius 2 is 1.82 bits per heavy atom. The van der Waals surface area contributed by atoms with E-state index in [1.54, 1.807) is 24.3 Å². The highest BCUT2D eigenvalue weighted by atomic mass is 35.5. The van der Waals surface area contributed by atoms with Gasteiger partial charge in [-0.25, -0.2) is 4.39 Å². The van der Waals surface area contributed by atoms with Crippen LogP contribution in [0.3, 0.4) is 0 Å². The summed E-state index contributed by atoms with van der Waals surface area (Å²) in [5, 5.41) is 3.64. The molecule has 0 fully saturated rings. The molecule has 1 atom stereocenters. The smallest absolute Gasteiger partial charge is 0.251 e. The Kier molecular flexibility index (Phi) is 5.81. The third-order valence-electron chi connectivity index (χ3n) is 3.53. The minimum absolute atomic E-state index is 0.132. The van der Waals surface area contributed by atoms with Gasteiger partial charge in [0.05, 0.1) is 10.0 Å². The first-order chi connectivity index (χ1) is 10.5. The Balaban J connectivity index is 2.02. The molecule has 1 N–H and O–H groups in total. The summed E-state index contributed by atoms with van der Waals surface area (Å²) in [6.45, 7) is 2.50. The number of carbonyl (C=O) groups excluding carboxylic acids is 1. The van der Waals surface area contributed by atoms with Crippen molar-refractivity contribution < 1.29 is 9.18 Å². The highest BCUT2D eigenvalue weighted by Gasteiger charge is 2.13. The predicted molar refractivity (Wildman–Crippen MR) is 88.2 cm³/mol. The SMILES string of the molecule is CCC(CNC(=O)c1ccc(Cl)c(Cl)c1)c1ccc(F)cc1. The lowest BCUT2D eigenvalue weighted by Gasteiger charge is -2.16. The summed E-state index contributed by atoms with van der Waals surface area (Å²) in [6.07, 6.45) is 0.841. The Bertz CT molecular complexity index is 658. The van der Waals surface area contributed by atoms with Crippen molar-refractivity contribution in [3.05, 3.63) is 69.5 Å². The first-order valence-electron chi connectivity index (χ1n) is 7.00. The average molecular weight is 340 g/mol. The summed E-state index contributed by atoms with van der Waals surface area (Å²) in [7, 11) is 0. The molecule has 0 spiro atoms. The Labute approximate surface area is 139 Å². The van der Waals surface area contributed by atoms with E-state index in [9.17, 15) is 9.18 Å². The van der Waals surface area contributed by atoms with Gasteiger partial charge in [0.2, 0.25) is 0 Å². The summed E-state index contributed by atoms with van der Waals surface area (Å²) < 4.78 is 13.0. The fraction of sp³-hybridized carbons (Fsp3) is 0.235. The molecule has 2 aromatic rings. The zero-order valence-corrected chi connectivity index (χ0v) is 13.6. The highest BCUT2D eigenvalue weighted by Crippen LogP contribution is 2.23. The van der Waals surface area contributed by atoms with Crippen LogP contribution in [0.5, 0.6) is 0 Å². The van der Waals surface area contributed by atoms with Crippen molar-refractivity contribution in [1.82, 2.24) is 5.32 Å². The van der Waals surface area contributed by atoms with Crippen molar-refractivity contribution in [3.63, 3.8) is 0 Å². The molecule has 0 aliphatic heterocycles. The van der Waals surface area contributed by atoms with Gasteiger partial charge in [-0.15, -0.1) is 0 Å². The molecule has 2 aromatic carbocycles. The van der Waals surface area contributed by atoms with Crippen LogP contribution < -0.4 is 5.32 Å². The van der Waals surface area contributed by atoms with E-state index in [0.717, 1.165) is 12.0 Å². The maximum atomic E-state index is 13.0. The predicted octanol–water partition coefficient (Wildman–Crippen LogP) is 5.06. The molecule has 0 radical (unpaired) electrons. The van der Waals surface area contributed by atoms with Crippen LogP contribution in [0.15, 0.2) is 42.5 Å². The minimum Gasteiger partial charge on any atom is -0.351 e. The van der Waals surface area contributed by atoms with E-state index in [1.165, 1.54) is 18.2 Å². The molecule has 22 heavy (non-hydrogen) atoms. The molecule has 0 aliphatic rings. The number of benzene rings is 2. The van der Waals surface area contributed by atoms with Crippen LogP contribution >= 0.6 is 23.2 Å². The minimum atomic E-state index is -0.265. The molecule has 0 saturated heterocycles. The summed E-state index contributed by atoms with van der Waals surface area (Å²) in [4.78, 5) is 12.1. The zero-order valence-electron chi connectivity index (χ0n) is 12.1. The van der Waals surface area contributed by atoms with E-state index >= 15 is 0 Å². The quantitative estimate of drug-likeness (QED) is 0.810. The van der Waals surface area contributed by atoms with Crippen molar-refractivity contribution in [2.75, 3.05) is 6.54 Å². The van der Waals surface area contributed by atoms with Crippen LogP contribution in [-0.2, 0) is 0 Å². The van der Waals surface area contributed by atoms with E-state index in [-0.39, 0.29) is 17.6 Å². The monoisotopic (exact) mass is 339 g/mol. The van der Waals surface area contributed by atoms with Crippen LogP contribution in [0.25, 0.3) is 0 Å². The van der Waals surface area contributed by atoms with Crippen LogP contribution in [-0.4, -0.2) is 12.5 Å². The van der Waals surface area contributed by atoms with Crippen molar-refractivity contribution in [1.29, 1.82) is 0 Å². The van der Waals surface area contributed by atoms with E-state index in [4.69, 9.17) is 23.2 Å². The molecule has 0 bridgehead atoms. The number of amides is 1. The van der Waals surface area contributed by atoms with E-state index in [1.807, 2.05) is 6.92 Å². The largest absolute Gasteiger partial charge is 0.351 e. The summed E-state index contributed by atoms with van der Waals surface area (Å²) >= 11 is 11.7.